The molecule has 0 radical (unpaired) electrons. The molecule has 210 valence electrons. The van der Waals surface area contributed by atoms with E-state index in [-0.39, 0.29) is 0 Å². The van der Waals surface area contributed by atoms with Gasteiger partial charge in [0.15, 0.2) is 0 Å². The van der Waals surface area contributed by atoms with Crippen LogP contribution in [0, 0.1) is 0 Å². The van der Waals surface area contributed by atoms with E-state index in [2.05, 4.69) is 181 Å². The smallest absolute Gasteiger partial charge is 0.0468 e. The van der Waals surface area contributed by atoms with Crippen LogP contribution >= 0.6 is 0 Å². The third-order valence-electron chi connectivity index (χ3n) is 9.14. The van der Waals surface area contributed by atoms with Crippen LogP contribution in [0.15, 0.2) is 176 Å². The summed E-state index contributed by atoms with van der Waals surface area (Å²) < 4.78 is 0. The second kappa shape index (κ2) is 10.4. The van der Waals surface area contributed by atoms with Crippen LogP contribution in [0.25, 0.3) is 65.0 Å². The number of rotatable bonds is 4. The standard InChI is InChI=1S/C44H29N/c1-3-11-33-26-38(22-19-30(33)9-1)45(39-23-20-31-10-2-4-12-34(31)27-39)40-24-21-32-17-18-36(25-37(32)28-40)44-29-35-13-5-6-14-41(35)42-15-7-8-16-43(42)44/h1-29H. The van der Waals surface area contributed by atoms with Crippen LogP contribution in [-0.2, 0) is 0 Å². The fraction of sp³-hybridized carbons (Fsp3) is 0. The van der Waals surface area contributed by atoms with Gasteiger partial charge in [0.1, 0.15) is 0 Å². The van der Waals surface area contributed by atoms with Crippen molar-refractivity contribution < 1.29 is 0 Å². The Balaban J connectivity index is 1.24. The Labute approximate surface area is 262 Å². The molecular weight excluding hydrogens is 542 g/mol. The lowest BCUT2D eigenvalue weighted by molar-refractivity contribution is 1.30. The van der Waals surface area contributed by atoms with Crippen LogP contribution in [0.5, 0.6) is 0 Å². The van der Waals surface area contributed by atoms with Crippen LogP contribution < -0.4 is 4.90 Å². The first-order valence-electron chi connectivity index (χ1n) is 15.5. The van der Waals surface area contributed by atoms with E-state index in [1.165, 1.54) is 65.0 Å². The lowest BCUT2D eigenvalue weighted by Crippen LogP contribution is -2.10. The predicted molar refractivity (Wildman–Crippen MR) is 194 cm³/mol. The molecule has 45 heavy (non-hydrogen) atoms. The quantitative estimate of drug-likeness (QED) is 0.190. The van der Waals surface area contributed by atoms with Crippen molar-refractivity contribution in [3.63, 3.8) is 0 Å². The number of anilines is 3. The molecule has 0 bridgehead atoms. The van der Waals surface area contributed by atoms with Gasteiger partial charge in [-0.2, -0.15) is 0 Å². The van der Waals surface area contributed by atoms with Gasteiger partial charge >= 0.3 is 0 Å². The third kappa shape index (κ3) is 4.41. The summed E-state index contributed by atoms with van der Waals surface area (Å²) in [6.45, 7) is 0. The number of nitrogens with zero attached hydrogens (tertiary/aromatic N) is 1. The molecule has 0 fully saturated rings. The van der Waals surface area contributed by atoms with Gasteiger partial charge in [-0.3, -0.25) is 0 Å². The normalized spacial score (nSPS) is 11.6. The zero-order chi connectivity index (χ0) is 29.7. The fourth-order valence-corrected chi connectivity index (χ4v) is 6.91. The molecule has 0 spiro atoms. The molecular formula is C44H29N. The van der Waals surface area contributed by atoms with Crippen molar-refractivity contribution in [1.29, 1.82) is 0 Å². The lowest BCUT2D eigenvalue weighted by atomic mass is 9.92. The van der Waals surface area contributed by atoms with Crippen molar-refractivity contribution in [2.45, 2.75) is 0 Å². The maximum atomic E-state index is 2.39. The molecule has 0 aromatic heterocycles. The lowest BCUT2D eigenvalue weighted by Gasteiger charge is -2.26. The summed E-state index contributed by atoms with van der Waals surface area (Å²) in [5.41, 5.74) is 5.90. The Morgan fingerprint density at radius 3 is 1.33 bits per heavy atom. The molecule has 0 aliphatic heterocycles. The van der Waals surface area contributed by atoms with Crippen molar-refractivity contribution in [3.8, 4) is 11.1 Å². The predicted octanol–water partition coefficient (Wildman–Crippen LogP) is 12.6. The van der Waals surface area contributed by atoms with Gasteiger partial charge in [0.2, 0.25) is 0 Å². The molecule has 9 rings (SSSR count). The van der Waals surface area contributed by atoms with Gasteiger partial charge in [-0.15, -0.1) is 0 Å². The van der Waals surface area contributed by atoms with E-state index >= 15 is 0 Å². The molecule has 1 heteroatoms. The average molecular weight is 572 g/mol. The second-order valence-electron chi connectivity index (χ2n) is 11.8. The molecule has 0 atom stereocenters. The summed E-state index contributed by atoms with van der Waals surface area (Å²) in [5.74, 6) is 0. The Kier molecular flexibility index (Phi) is 5.89. The summed E-state index contributed by atoms with van der Waals surface area (Å²) in [7, 11) is 0. The molecule has 0 aliphatic carbocycles. The topological polar surface area (TPSA) is 3.24 Å². The zero-order valence-electron chi connectivity index (χ0n) is 24.7. The first kappa shape index (κ1) is 25.6. The maximum absolute atomic E-state index is 2.39. The minimum atomic E-state index is 1.13. The summed E-state index contributed by atoms with van der Waals surface area (Å²) in [5, 5.41) is 12.5. The summed E-state index contributed by atoms with van der Waals surface area (Å²) >= 11 is 0. The number of hydrogen-bond acceptors (Lipinski definition) is 1. The largest absolute Gasteiger partial charge is 0.310 e. The summed E-state index contributed by atoms with van der Waals surface area (Å²) in [4.78, 5) is 2.39. The monoisotopic (exact) mass is 571 g/mol. The highest BCUT2D eigenvalue weighted by molar-refractivity contribution is 6.14. The van der Waals surface area contributed by atoms with Crippen LogP contribution in [-0.4, -0.2) is 0 Å². The molecule has 0 N–H and O–H groups in total. The summed E-state index contributed by atoms with van der Waals surface area (Å²) in [6.07, 6.45) is 0. The molecule has 0 unspecified atom stereocenters. The fourth-order valence-electron chi connectivity index (χ4n) is 6.91. The van der Waals surface area contributed by atoms with Crippen molar-refractivity contribution in [3.05, 3.63) is 176 Å². The minimum Gasteiger partial charge on any atom is -0.310 e. The van der Waals surface area contributed by atoms with E-state index in [1.54, 1.807) is 0 Å². The van der Waals surface area contributed by atoms with Crippen molar-refractivity contribution in [1.82, 2.24) is 0 Å². The van der Waals surface area contributed by atoms with Gasteiger partial charge in [-0.25, -0.2) is 0 Å². The first-order chi connectivity index (χ1) is 22.3. The van der Waals surface area contributed by atoms with Gasteiger partial charge < -0.3 is 4.90 Å². The molecule has 9 aromatic carbocycles. The van der Waals surface area contributed by atoms with E-state index < -0.39 is 0 Å². The molecule has 0 amide bonds. The minimum absolute atomic E-state index is 1.13. The second-order valence-corrected chi connectivity index (χ2v) is 11.8. The van der Waals surface area contributed by atoms with Crippen LogP contribution in [0.1, 0.15) is 0 Å². The van der Waals surface area contributed by atoms with Crippen molar-refractivity contribution >= 4 is 70.9 Å². The highest BCUT2D eigenvalue weighted by Gasteiger charge is 2.15. The molecule has 9 aromatic rings. The van der Waals surface area contributed by atoms with Gasteiger partial charge in [0, 0.05) is 17.1 Å². The molecule has 0 heterocycles. The van der Waals surface area contributed by atoms with E-state index in [0.717, 1.165) is 17.1 Å². The van der Waals surface area contributed by atoms with Crippen LogP contribution in [0.4, 0.5) is 17.1 Å². The summed E-state index contributed by atoms with van der Waals surface area (Å²) in [6, 6.07) is 64.2. The van der Waals surface area contributed by atoms with Crippen molar-refractivity contribution in [2.24, 2.45) is 0 Å². The van der Waals surface area contributed by atoms with Crippen molar-refractivity contribution in [2.75, 3.05) is 4.90 Å². The average Bonchev–Trinajstić information content (AvgIpc) is 3.11. The Bertz CT molecular complexity index is 2480. The third-order valence-corrected chi connectivity index (χ3v) is 9.14. The van der Waals surface area contributed by atoms with E-state index in [9.17, 15) is 0 Å². The highest BCUT2D eigenvalue weighted by atomic mass is 15.1. The SMILES string of the molecule is c1ccc2cc(N(c3ccc4ccccc4c3)c3ccc4ccc(-c5cc6ccccc6c6ccccc56)cc4c3)ccc2c1. The van der Waals surface area contributed by atoms with E-state index in [0.29, 0.717) is 0 Å². The Hall–Kier alpha value is -5.92. The van der Waals surface area contributed by atoms with Gasteiger partial charge in [-0.1, -0.05) is 127 Å². The van der Waals surface area contributed by atoms with Gasteiger partial charge in [-0.05, 0) is 114 Å². The first-order valence-corrected chi connectivity index (χ1v) is 15.5. The maximum Gasteiger partial charge on any atom is 0.0468 e. The number of fused-ring (bicyclic) bond motifs is 6. The van der Waals surface area contributed by atoms with Crippen LogP contribution in [0.2, 0.25) is 0 Å². The van der Waals surface area contributed by atoms with Gasteiger partial charge in [0.25, 0.3) is 0 Å². The zero-order valence-corrected chi connectivity index (χ0v) is 24.7. The Morgan fingerprint density at radius 2 is 0.711 bits per heavy atom. The highest BCUT2D eigenvalue weighted by Crippen LogP contribution is 2.40. The van der Waals surface area contributed by atoms with Crippen LogP contribution in [0.3, 0.4) is 0 Å². The molecule has 1 nitrogen and oxygen atoms in total. The number of benzene rings is 9. The van der Waals surface area contributed by atoms with Gasteiger partial charge in [0.05, 0.1) is 0 Å². The molecule has 0 saturated carbocycles. The molecule has 0 aliphatic rings. The Morgan fingerprint density at radius 1 is 0.267 bits per heavy atom. The number of hydrogen-bond donors (Lipinski definition) is 0. The molecule has 0 saturated heterocycles. The van der Waals surface area contributed by atoms with E-state index in [4.69, 9.17) is 0 Å². The van der Waals surface area contributed by atoms with E-state index in [1.807, 2.05) is 0 Å².